The first-order valence-electron chi connectivity index (χ1n) is 6.14. The molecule has 2 unspecified atom stereocenters. The number of rotatable bonds is 0. The molecule has 2 aromatic rings. The SMILES string of the molecule is OC1C[n+]2cc3ccccn3c2C2C=CC=CN12. The van der Waals surface area contributed by atoms with Crippen molar-refractivity contribution < 1.29 is 9.67 Å². The zero-order valence-electron chi connectivity index (χ0n) is 9.85. The van der Waals surface area contributed by atoms with Crippen LogP contribution >= 0.6 is 0 Å². The van der Waals surface area contributed by atoms with Crippen LogP contribution in [0.4, 0.5) is 0 Å². The van der Waals surface area contributed by atoms with Gasteiger partial charge in [0.25, 0.3) is 5.82 Å². The van der Waals surface area contributed by atoms with E-state index in [1.807, 2.05) is 35.4 Å². The number of fused-ring (bicyclic) bond motifs is 5. The highest BCUT2D eigenvalue weighted by Crippen LogP contribution is 2.29. The van der Waals surface area contributed by atoms with Gasteiger partial charge in [0, 0.05) is 6.20 Å². The fourth-order valence-corrected chi connectivity index (χ4v) is 2.88. The molecule has 0 aliphatic carbocycles. The van der Waals surface area contributed by atoms with Crippen LogP contribution in [0.2, 0.25) is 0 Å². The Balaban J connectivity index is 1.99. The van der Waals surface area contributed by atoms with Gasteiger partial charge in [0.05, 0.1) is 6.20 Å². The van der Waals surface area contributed by atoms with Crippen LogP contribution in [0.3, 0.4) is 0 Å². The first-order valence-corrected chi connectivity index (χ1v) is 6.14. The highest BCUT2D eigenvalue weighted by atomic mass is 16.3. The Morgan fingerprint density at radius 2 is 2.22 bits per heavy atom. The van der Waals surface area contributed by atoms with Gasteiger partial charge >= 0.3 is 0 Å². The average molecular weight is 240 g/mol. The maximum atomic E-state index is 10.2. The molecule has 4 nitrogen and oxygen atoms in total. The average Bonchev–Trinajstić information content (AvgIpc) is 2.77. The Labute approximate surface area is 105 Å². The lowest BCUT2D eigenvalue weighted by Crippen LogP contribution is -2.55. The van der Waals surface area contributed by atoms with Gasteiger partial charge in [0.1, 0.15) is 12.7 Å². The minimum absolute atomic E-state index is 0.101. The Morgan fingerprint density at radius 1 is 1.28 bits per heavy atom. The minimum Gasteiger partial charge on any atom is -0.370 e. The maximum absolute atomic E-state index is 10.2. The van der Waals surface area contributed by atoms with E-state index in [-0.39, 0.29) is 6.04 Å². The first-order chi connectivity index (χ1) is 8.84. The molecule has 0 saturated heterocycles. The van der Waals surface area contributed by atoms with Crippen LogP contribution in [0, 0.1) is 0 Å². The lowest BCUT2D eigenvalue weighted by Gasteiger charge is -2.35. The summed E-state index contributed by atoms with van der Waals surface area (Å²) in [6.07, 6.45) is 11.8. The number of allylic oxidation sites excluding steroid dienone is 2. The number of aliphatic hydroxyl groups excluding tert-OH is 1. The van der Waals surface area contributed by atoms with Gasteiger partial charge in [-0.1, -0.05) is 12.1 Å². The van der Waals surface area contributed by atoms with Crippen molar-refractivity contribution in [3.8, 4) is 0 Å². The van der Waals surface area contributed by atoms with Crippen LogP contribution in [-0.4, -0.2) is 20.6 Å². The van der Waals surface area contributed by atoms with Gasteiger partial charge in [0.15, 0.2) is 17.8 Å². The monoisotopic (exact) mass is 240 g/mol. The summed E-state index contributed by atoms with van der Waals surface area (Å²) in [7, 11) is 0. The molecule has 1 N–H and O–H groups in total. The zero-order valence-corrected chi connectivity index (χ0v) is 9.85. The smallest absolute Gasteiger partial charge is 0.289 e. The van der Waals surface area contributed by atoms with Crippen LogP contribution in [-0.2, 0) is 6.54 Å². The highest BCUT2D eigenvalue weighted by Gasteiger charge is 2.38. The fraction of sp³-hybridized carbons (Fsp3) is 0.214. The van der Waals surface area contributed by atoms with Gasteiger partial charge in [0.2, 0.25) is 0 Å². The van der Waals surface area contributed by atoms with Crippen molar-refractivity contribution in [1.29, 1.82) is 0 Å². The molecule has 4 heterocycles. The number of hydrogen-bond donors (Lipinski definition) is 1. The van der Waals surface area contributed by atoms with E-state index in [2.05, 4.69) is 33.5 Å². The van der Waals surface area contributed by atoms with Gasteiger partial charge < -0.3 is 10.0 Å². The molecule has 2 aromatic heterocycles. The van der Waals surface area contributed by atoms with E-state index >= 15 is 0 Å². The van der Waals surface area contributed by atoms with E-state index in [0.29, 0.717) is 6.54 Å². The van der Waals surface area contributed by atoms with Gasteiger partial charge in [-0.3, -0.25) is 0 Å². The number of pyridine rings is 1. The Hall–Kier alpha value is -2.07. The summed E-state index contributed by atoms with van der Waals surface area (Å²) in [5.74, 6) is 1.19. The van der Waals surface area contributed by atoms with Crippen LogP contribution < -0.4 is 4.57 Å². The summed E-state index contributed by atoms with van der Waals surface area (Å²) in [6.45, 7) is 0.603. The molecule has 0 bridgehead atoms. The summed E-state index contributed by atoms with van der Waals surface area (Å²) in [5, 5.41) is 10.2. The van der Waals surface area contributed by atoms with Crippen molar-refractivity contribution in [3.63, 3.8) is 0 Å². The van der Waals surface area contributed by atoms with Crippen molar-refractivity contribution >= 4 is 5.52 Å². The lowest BCUT2D eigenvalue weighted by atomic mass is 10.1. The Bertz CT molecular complexity index is 671. The Kier molecular flexibility index (Phi) is 1.91. The van der Waals surface area contributed by atoms with Gasteiger partial charge in [-0.25, -0.2) is 4.57 Å². The van der Waals surface area contributed by atoms with Crippen molar-refractivity contribution in [2.75, 3.05) is 0 Å². The van der Waals surface area contributed by atoms with Crippen LogP contribution in [0.15, 0.2) is 55.0 Å². The molecule has 2 aliphatic heterocycles. The topological polar surface area (TPSA) is 31.8 Å². The number of nitrogens with zero attached hydrogens (tertiary/aromatic N) is 3. The second kappa shape index (κ2) is 3.46. The zero-order chi connectivity index (χ0) is 12.1. The minimum atomic E-state index is -0.467. The summed E-state index contributed by atoms with van der Waals surface area (Å²) in [5.41, 5.74) is 1.16. The second-order valence-corrected chi connectivity index (χ2v) is 4.73. The van der Waals surface area contributed by atoms with E-state index in [1.165, 1.54) is 5.82 Å². The predicted molar refractivity (Wildman–Crippen MR) is 66.5 cm³/mol. The molecule has 0 radical (unpaired) electrons. The Morgan fingerprint density at radius 3 is 3.17 bits per heavy atom. The van der Waals surface area contributed by atoms with Crippen molar-refractivity contribution in [2.24, 2.45) is 0 Å². The highest BCUT2D eigenvalue weighted by molar-refractivity contribution is 5.44. The van der Waals surface area contributed by atoms with Crippen molar-refractivity contribution in [3.05, 3.63) is 60.8 Å². The number of hydrogen-bond acceptors (Lipinski definition) is 2. The largest absolute Gasteiger partial charge is 0.370 e. The molecule has 90 valence electrons. The summed E-state index contributed by atoms with van der Waals surface area (Å²) in [6, 6.07) is 6.26. The van der Waals surface area contributed by atoms with Crippen LogP contribution in [0.25, 0.3) is 5.52 Å². The molecule has 2 atom stereocenters. The van der Waals surface area contributed by atoms with Gasteiger partial charge in [-0.15, -0.1) is 0 Å². The van der Waals surface area contributed by atoms with E-state index < -0.39 is 6.23 Å². The molecule has 0 saturated carbocycles. The van der Waals surface area contributed by atoms with Gasteiger partial charge in [-0.2, -0.15) is 4.40 Å². The summed E-state index contributed by atoms with van der Waals surface area (Å²) in [4.78, 5) is 1.99. The number of aliphatic hydroxyl groups is 1. The van der Waals surface area contributed by atoms with E-state index in [9.17, 15) is 5.11 Å². The lowest BCUT2D eigenvalue weighted by molar-refractivity contribution is -0.723. The fourth-order valence-electron chi connectivity index (χ4n) is 2.88. The number of imidazole rings is 1. The molecular formula is C14H14N3O+. The van der Waals surface area contributed by atoms with E-state index in [1.54, 1.807) is 0 Å². The maximum Gasteiger partial charge on any atom is 0.289 e. The third-order valence-corrected chi connectivity index (χ3v) is 3.67. The van der Waals surface area contributed by atoms with E-state index in [0.717, 1.165) is 5.52 Å². The van der Waals surface area contributed by atoms with Gasteiger partial charge in [-0.05, 0) is 24.3 Å². The molecule has 0 spiro atoms. The summed E-state index contributed by atoms with van der Waals surface area (Å²) >= 11 is 0. The molecule has 4 rings (SSSR count). The molecule has 2 aliphatic rings. The summed E-state index contributed by atoms with van der Waals surface area (Å²) < 4.78 is 4.33. The molecular weight excluding hydrogens is 226 g/mol. The number of aromatic nitrogens is 2. The van der Waals surface area contributed by atoms with Crippen LogP contribution in [0.5, 0.6) is 0 Å². The third kappa shape index (κ3) is 1.21. The third-order valence-electron chi connectivity index (χ3n) is 3.67. The molecule has 18 heavy (non-hydrogen) atoms. The predicted octanol–water partition coefficient (Wildman–Crippen LogP) is 0.985. The van der Waals surface area contributed by atoms with Crippen molar-refractivity contribution in [2.45, 2.75) is 18.8 Å². The molecule has 0 fully saturated rings. The molecule has 4 heteroatoms. The van der Waals surface area contributed by atoms with Crippen molar-refractivity contribution in [1.82, 2.24) is 9.30 Å². The molecule has 0 aromatic carbocycles. The normalized spacial score (nSPS) is 25.3. The standard InChI is InChI=1S/C14H14N3O/c18-13-10-15-9-11-5-1-3-7-16(11)14(15)12-6-2-4-8-17(12)13/h1-9,12-13,18H,10H2/q+1. The quantitative estimate of drug-likeness (QED) is 0.696. The molecule has 0 amide bonds. The second-order valence-electron chi connectivity index (χ2n) is 4.73. The first kappa shape index (κ1) is 9.91. The van der Waals surface area contributed by atoms with E-state index in [4.69, 9.17) is 0 Å². The van der Waals surface area contributed by atoms with Crippen LogP contribution in [0.1, 0.15) is 11.9 Å².